The van der Waals surface area contributed by atoms with E-state index in [1.807, 2.05) is 0 Å². The van der Waals surface area contributed by atoms with Gasteiger partial charge in [-0.3, -0.25) is 0 Å². The van der Waals surface area contributed by atoms with E-state index in [9.17, 15) is 0 Å². The second-order valence-corrected chi connectivity index (χ2v) is 4.88. The Morgan fingerprint density at radius 1 is 1.36 bits per heavy atom. The third-order valence-corrected chi connectivity index (χ3v) is 4.24. The quantitative estimate of drug-likeness (QED) is 0.613. The van der Waals surface area contributed by atoms with Crippen molar-refractivity contribution in [3.63, 3.8) is 0 Å². The maximum absolute atomic E-state index is 9.12. The van der Waals surface area contributed by atoms with Crippen molar-refractivity contribution in [1.82, 2.24) is 0 Å². The van der Waals surface area contributed by atoms with Gasteiger partial charge >= 0.3 is 0 Å². The number of aliphatic hydroxyl groups excluding tert-OH is 1. The molecule has 3 saturated carbocycles. The lowest BCUT2D eigenvalue weighted by molar-refractivity contribution is -0.116. The van der Waals surface area contributed by atoms with E-state index < -0.39 is 0 Å². The molecule has 1 heteroatoms. The summed E-state index contributed by atoms with van der Waals surface area (Å²) in [6, 6.07) is 0. The van der Waals surface area contributed by atoms with Gasteiger partial charge in [-0.15, -0.1) is 0 Å². The molecule has 0 heterocycles. The number of fused-ring (bicyclic) bond motifs is 2. The van der Waals surface area contributed by atoms with Gasteiger partial charge in [-0.25, -0.2) is 0 Å². The highest BCUT2D eigenvalue weighted by molar-refractivity contribution is 5.02. The normalized spacial score (nSPS) is 46.6. The maximum Gasteiger partial charge on any atom is 0.0462 e. The molecule has 2 unspecified atom stereocenters. The molecule has 3 atom stereocenters. The van der Waals surface area contributed by atoms with Crippen LogP contribution >= 0.6 is 0 Å². The van der Waals surface area contributed by atoms with Crippen LogP contribution in [0.3, 0.4) is 0 Å². The van der Waals surface area contributed by atoms with Gasteiger partial charge in [0.1, 0.15) is 0 Å². The molecule has 0 aromatic rings. The first kappa shape index (κ1) is 7.60. The van der Waals surface area contributed by atoms with E-state index in [-0.39, 0.29) is 0 Å². The van der Waals surface area contributed by atoms with E-state index in [0.717, 1.165) is 11.8 Å². The summed E-state index contributed by atoms with van der Waals surface area (Å²) in [7, 11) is 0. The van der Waals surface area contributed by atoms with Gasteiger partial charge in [0.25, 0.3) is 0 Å². The van der Waals surface area contributed by atoms with Gasteiger partial charge in [0.05, 0.1) is 0 Å². The summed E-state index contributed by atoms with van der Waals surface area (Å²) < 4.78 is 0. The summed E-state index contributed by atoms with van der Waals surface area (Å²) in [5.41, 5.74) is 0.547. The molecule has 0 saturated heterocycles. The highest BCUT2D eigenvalue weighted by atomic mass is 16.3. The Morgan fingerprint density at radius 2 is 2.09 bits per heavy atom. The Hall–Kier alpha value is -0.0400. The molecule has 0 amide bonds. The molecule has 11 heavy (non-hydrogen) atoms. The highest BCUT2D eigenvalue weighted by Gasteiger charge is 2.53. The van der Waals surface area contributed by atoms with Crippen LogP contribution in [0.1, 0.15) is 33.1 Å². The standard InChI is InChI=1S/C10H18O/c1-10(2)8-4-3-7(6-11)9(10)5-8/h7-9,11H,3-6H2,1-2H3/t7?,8-,9?/m1/s1. The van der Waals surface area contributed by atoms with Gasteiger partial charge in [-0.05, 0) is 42.4 Å². The van der Waals surface area contributed by atoms with Crippen LogP contribution in [0.2, 0.25) is 0 Å². The molecule has 0 aliphatic heterocycles. The van der Waals surface area contributed by atoms with Crippen molar-refractivity contribution in [1.29, 1.82) is 0 Å². The molecule has 3 aliphatic rings. The second-order valence-electron chi connectivity index (χ2n) is 4.88. The first-order valence-electron chi connectivity index (χ1n) is 4.77. The van der Waals surface area contributed by atoms with Crippen LogP contribution in [0.4, 0.5) is 0 Å². The zero-order valence-corrected chi connectivity index (χ0v) is 7.51. The van der Waals surface area contributed by atoms with Crippen LogP contribution in [0, 0.1) is 23.2 Å². The number of hydrogen-bond acceptors (Lipinski definition) is 1. The topological polar surface area (TPSA) is 20.2 Å². The Morgan fingerprint density at radius 3 is 2.45 bits per heavy atom. The zero-order valence-electron chi connectivity index (χ0n) is 7.51. The van der Waals surface area contributed by atoms with Crippen LogP contribution in [0.5, 0.6) is 0 Å². The second kappa shape index (κ2) is 2.22. The zero-order chi connectivity index (χ0) is 8.06. The predicted molar refractivity (Wildman–Crippen MR) is 45.2 cm³/mol. The minimum Gasteiger partial charge on any atom is -0.396 e. The van der Waals surface area contributed by atoms with Crippen molar-refractivity contribution in [2.75, 3.05) is 6.61 Å². The fraction of sp³-hybridized carbons (Fsp3) is 1.00. The highest BCUT2D eigenvalue weighted by Crippen LogP contribution is 2.61. The van der Waals surface area contributed by atoms with Gasteiger partial charge in [0.15, 0.2) is 0 Å². The molecule has 1 nitrogen and oxygen atoms in total. The lowest BCUT2D eigenvalue weighted by Gasteiger charge is -2.59. The monoisotopic (exact) mass is 154 g/mol. The van der Waals surface area contributed by atoms with Crippen LogP contribution in [0.15, 0.2) is 0 Å². The molecule has 3 rings (SSSR count). The first-order chi connectivity index (χ1) is 5.16. The Kier molecular flexibility index (Phi) is 1.54. The van der Waals surface area contributed by atoms with Gasteiger partial charge in [-0.1, -0.05) is 13.8 Å². The van der Waals surface area contributed by atoms with Gasteiger partial charge in [0, 0.05) is 6.61 Å². The predicted octanol–water partition coefficient (Wildman–Crippen LogP) is 2.05. The van der Waals surface area contributed by atoms with Gasteiger partial charge < -0.3 is 5.11 Å². The molecule has 0 radical (unpaired) electrons. The van der Waals surface area contributed by atoms with E-state index in [2.05, 4.69) is 13.8 Å². The van der Waals surface area contributed by atoms with Gasteiger partial charge in [0.2, 0.25) is 0 Å². The molecule has 0 aromatic heterocycles. The lowest BCUT2D eigenvalue weighted by atomic mass is 9.46. The average Bonchev–Trinajstić information content (AvgIpc) is 2.04. The summed E-state index contributed by atoms with van der Waals surface area (Å²) in [5.74, 6) is 2.41. The largest absolute Gasteiger partial charge is 0.396 e. The summed E-state index contributed by atoms with van der Waals surface area (Å²) in [4.78, 5) is 0. The third-order valence-electron chi connectivity index (χ3n) is 4.24. The summed E-state index contributed by atoms with van der Waals surface area (Å²) in [6.45, 7) is 5.15. The van der Waals surface area contributed by atoms with Crippen molar-refractivity contribution >= 4 is 0 Å². The maximum atomic E-state index is 9.12. The molecular weight excluding hydrogens is 136 g/mol. The smallest absolute Gasteiger partial charge is 0.0462 e. The summed E-state index contributed by atoms with van der Waals surface area (Å²) in [5, 5.41) is 9.12. The molecule has 64 valence electrons. The fourth-order valence-electron chi connectivity index (χ4n) is 3.18. The molecule has 3 fully saturated rings. The number of aliphatic hydroxyl groups is 1. The molecule has 0 spiro atoms. The van der Waals surface area contributed by atoms with Crippen molar-refractivity contribution in [2.45, 2.75) is 33.1 Å². The Labute approximate surface area is 68.8 Å². The molecule has 1 N–H and O–H groups in total. The third kappa shape index (κ3) is 0.868. The summed E-state index contributed by atoms with van der Waals surface area (Å²) >= 11 is 0. The Balaban J connectivity index is 2.10. The lowest BCUT2D eigenvalue weighted by Crippen LogP contribution is -2.53. The fourth-order valence-corrected chi connectivity index (χ4v) is 3.18. The van der Waals surface area contributed by atoms with Crippen molar-refractivity contribution < 1.29 is 5.11 Å². The minimum absolute atomic E-state index is 0.417. The van der Waals surface area contributed by atoms with Gasteiger partial charge in [-0.2, -0.15) is 0 Å². The van der Waals surface area contributed by atoms with Crippen molar-refractivity contribution in [2.24, 2.45) is 23.2 Å². The summed E-state index contributed by atoms with van der Waals surface area (Å²) in [6.07, 6.45) is 4.02. The molecular formula is C10H18O. The van der Waals surface area contributed by atoms with E-state index in [4.69, 9.17) is 5.11 Å². The molecule has 3 aliphatic carbocycles. The average molecular weight is 154 g/mol. The molecule has 2 bridgehead atoms. The van der Waals surface area contributed by atoms with E-state index in [1.54, 1.807) is 0 Å². The first-order valence-corrected chi connectivity index (χ1v) is 4.77. The minimum atomic E-state index is 0.417. The van der Waals surface area contributed by atoms with Crippen LogP contribution < -0.4 is 0 Å². The van der Waals surface area contributed by atoms with Crippen LogP contribution in [0.25, 0.3) is 0 Å². The van der Waals surface area contributed by atoms with E-state index in [0.29, 0.717) is 17.9 Å². The van der Waals surface area contributed by atoms with Crippen LogP contribution in [-0.2, 0) is 0 Å². The molecule has 0 aromatic carbocycles. The number of rotatable bonds is 1. The number of hydrogen-bond donors (Lipinski definition) is 1. The van der Waals surface area contributed by atoms with Crippen molar-refractivity contribution in [3.8, 4) is 0 Å². The van der Waals surface area contributed by atoms with E-state index >= 15 is 0 Å². The van der Waals surface area contributed by atoms with Crippen molar-refractivity contribution in [3.05, 3.63) is 0 Å². The van der Waals surface area contributed by atoms with E-state index in [1.165, 1.54) is 19.3 Å². The SMILES string of the molecule is CC1(C)C2C[C@H]1CCC2CO. The Bertz CT molecular complexity index is 160. The van der Waals surface area contributed by atoms with Crippen LogP contribution in [-0.4, -0.2) is 11.7 Å².